The van der Waals surface area contributed by atoms with E-state index in [4.69, 9.17) is 5.73 Å². The van der Waals surface area contributed by atoms with Crippen LogP contribution in [0.2, 0.25) is 0 Å². The third-order valence-corrected chi connectivity index (χ3v) is 8.01. The number of ketones is 2. The normalized spacial score (nSPS) is 24.0. The van der Waals surface area contributed by atoms with Gasteiger partial charge in [-0.3, -0.25) is 24.2 Å². The van der Waals surface area contributed by atoms with E-state index in [2.05, 4.69) is 0 Å². The summed E-state index contributed by atoms with van der Waals surface area (Å²) in [5.41, 5.74) is 0.948. The number of rotatable bonds is 7. The molecule has 11 heteroatoms. The fraction of sp³-hybridized carbons (Fsp3) is 0.536. The molecule has 3 atom stereocenters. The smallest absolute Gasteiger partial charge is 0.255 e. The van der Waals surface area contributed by atoms with E-state index < -0.39 is 63.7 Å². The van der Waals surface area contributed by atoms with Gasteiger partial charge in [0.15, 0.2) is 11.4 Å². The predicted octanol–water partition coefficient (Wildman–Crippen LogP) is 2.11. The molecule has 3 rings (SSSR count). The van der Waals surface area contributed by atoms with Gasteiger partial charge in [-0.25, -0.2) is 4.39 Å². The number of phenolic OH excluding ortho intramolecular Hbond substituents is 1. The van der Waals surface area contributed by atoms with Crippen molar-refractivity contribution in [1.82, 2.24) is 9.80 Å². The Bertz CT molecular complexity index is 1290. The molecule has 10 nitrogen and oxygen atoms in total. The number of phenols is 1. The number of nitrogens with zero attached hydrogens (tertiary/aromatic N) is 2. The van der Waals surface area contributed by atoms with Gasteiger partial charge in [0.2, 0.25) is 5.78 Å². The molecule has 2 aliphatic rings. The second-order valence-corrected chi connectivity index (χ2v) is 11.5. The molecule has 6 N–H and O–H groups in total. The maximum absolute atomic E-state index is 15.6. The van der Waals surface area contributed by atoms with Gasteiger partial charge in [-0.1, -0.05) is 6.92 Å². The zero-order chi connectivity index (χ0) is 29.8. The van der Waals surface area contributed by atoms with Gasteiger partial charge >= 0.3 is 0 Å². The van der Waals surface area contributed by atoms with Crippen molar-refractivity contribution in [1.29, 1.82) is 0 Å². The Balaban J connectivity index is 2.20. The largest absolute Gasteiger partial charge is 0.508 e. The maximum Gasteiger partial charge on any atom is 0.255 e. The number of likely N-dealkylation sites (N-methyl/N-ethyl adjacent to an activating group) is 1. The number of Topliss-reactive ketones (excluding diaryl/α,β-unsaturated/α-hetero) is 2. The number of aromatic hydroxyl groups is 1. The summed E-state index contributed by atoms with van der Waals surface area (Å²) in [6.07, 6.45) is -0.295. The molecule has 0 fully saturated rings. The summed E-state index contributed by atoms with van der Waals surface area (Å²) in [7, 11) is 4.84. The van der Waals surface area contributed by atoms with E-state index in [0.29, 0.717) is 0 Å². The maximum atomic E-state index is 15.6. The first-order valence-corrected chi connectivity index (χ1v) is 12.8. The van der Waals surface area contributed by atoms with Crippen LogP contribution in [-0.4, -0.2) is 86.0 Å². The van der Waals surface area contributed by atoms with Crippen molar-refractivity contribution < 1.29 is 39.2 Å². The standard InChI is InChI=1S/C28H38FN3O7/c1-8-16-21(31(5)6)23(35)19(26(30)38)25(37)28(16,39)24(36)15-10-9-14-18(22(15)34)17(33)11-13(20(14)29)12-32(7)27(2,3)4/h11,16,21,33-34,37,39H,8-10,12H2,1-7H3,(H2,30,38)/t16-,21-,28-/m0/s1. The molecule has 2 aliphatic carbocycles. The number of benzene rings is 1. The summed E-state index contributed by atoms with van der Waals surface area (Å²) in [5, 5.41) is 44.6. The second-order valence-electron chi connectivity index (χ2n) is 11.5. The first-order chi connectivity index (χ1) is 17.9. The lowest BCUT2D eigenvalue weighted by Gasteiger charge is -2.44. The number of primary amides is 1. The minimum Gasteiger partial charge on any atom is -0.508 e. The van der Waals surface area contributed by atoms with Crippen LogP contribution in [-0.2, 0) is 27.3 Å². The van der Waals surface area contributed by atoms with Crippen molar-refractivity contribution in [2.75, 3.05) is 21.1 Å². The van der Waals surface area contributed by atoms with Gasteiger partial charge in [-0.05, 0) is 67.2 Å². The highest BCUT2D eigenvalue weighted by atomic mass is 19.1. The lowest BCUT2D eigenvalue weighted by atomic mass is 9.66. The van der Waals surface area contributed by atoms with Crippen LogP contribution in [0.15, 0.2) is 23.0 Å². The van der Waals surface area contributed by atoms with E-state index in [1.165, 1.54) is 25.1 Å². The first kappa shape index (κ1) is 30.3. The SMILES string of the molecule is CC[C@H]1[C@H](N(C)C)C(=O)C(C(N)=O)=C(O)[C@@]1(O)C(=O)C1=C(O)c2c(O)cc(CN(C)C(C)(C)C)c(F)c2CC1. The molecule has 1 amide bonds. The third-order valence-electron chi connectivity index (χ3n) is 8.01. The van der Waals surface area contributed by atoms with Crippen molar-refractivity contribution in [3.8, 4) is 5.75 Å². The Kier molecular flexibility index (Phi) is 8.04. The average Bonchev–Trinajstić information content (AvgIpc) is 2.82. The fourth-order valence-electron chi connectivity index (χ4n) is 5.50. The average molecular weight is 548 g/mol. The van der Waals surface area contributed by atoms with Crippen LogP contribution >= 0.6 is 0 Å². The molecule has 0 unspecified atom stereocenters. The van der Waals surface area contributed by atoms with Crippen molar-refractivity contribution in [3.63, 3.8) is 0 Å². The number of aliphatic hydroxyl groups excluding tert-OH is 2. The van der Waals surface area contributed by atoms with Crippen molar-refractivity contribution in [3.05, 3.63) is 45.5 Å². The van der Waals surface area contributed by atoms with Crippen LogP contribution in [0.1, 0.15) is 57.2 Å². The number of aliphatic hydroxyl groups is 3. The Labute approximate surface area is 227 Å². The molecule has 0 radical (unpaired) electrons. The summed E-state index contributed by atoms with van der Waals surface area (Å²) in [6, 6.07) is 0.00208. The van der Waals surface area contributed by atoms with Crippen LogP contribution in [0, 0.1) is 11.7 Å². The molecule has 0 saturated heterocycles. The quantitative estimate of drug-likeness (QED) is 0.322. The highest BCUT2D eigenvalue weighted by Gasteiger charge is 2.59. The summed E-state index contributed by atoms with van der Waals surface area (Å²) in [6.45, 7) is 7.64. The molecule has 1 aromatic carbocycles. The number of carbonyl (C=O) groups is 3. The van der Waals surface area contributed by atoms with E-state index in [0.717, 1.165) is 0 Å². The second kappa shape index (κ2) is 10.4. The Morgan fingerprint density at radius 3 is 2.23 bits per heavy atom. The Morgan fingerprint density at radius 1 is 1.15 bits per heavy atom. The fourth-order valence-corrected chi connectivity index (χ4v) is 5.50. The van der Waals surface area contributed by atoms with E-state index in [1.807, 2.05) is 32.7 Å². The molecule has 1 aromatic rings. The highest BCUT2D eigenvalue weighted by molar-refractivity contribution is 6.24. The molecule has 0 saturated carbocycles. The lowest BCUT2D eigenvalue weighted by molar-refractivity contribution is -0.148. The number of amides is 1. The topological polar surface area (TPSA) is 165 Å². The molecular formula is C28H38FN3O7. The zero-order valence-corrected chi connectivity index (χ0v) is 23.4. The van der Waals surface area contributed by atoms with Crippen LogP contribution in [0.3, 0.4) is 0 Å². The minimum atomic E-state index is -2.79. The summed E-state index contributed by atoms with van der Waals surface area (Å²) < 4.78 is 15.6. The van der Waals surface area contributed by atoms with Gasteiger partial charge in [0.25, 0.3) is 5.91 Å². The van der Waals surface area contributed by atoms with Crippen LogP contribution in [0.4, 0.5) is 4.39 Å². The molecule has 0 aliphatic heterocycles. The number of halogens is 1. The molecule has 39 heavy (non-hydrogen) atoms. The van der Waals surface area contributed by atoms with Crippen LogP contribution in [0.5, 0.6) is 5.75 Å². The molecular weight excluding hydrogens is 509 g/mol. The molecule has 214 valence electrons. The van der Waals surface area contributed by atoms with Crippen LogP contribution in [0.25, 0.3) is 5.76 Å². The summed E-state index contributed by atoms with van der Waals surface area (Å²) >= 11 is 0. The van der Waals surface area contributed by atoms with E-state index in [9.17, 15) is 34.8 Å². The molecule has 0 aromatic heterocycles. The lowest BCUT2D eigenvalue weighted by Crippen LogP contribution is -2.62. The zero-order valence-electron chi connectivity index (χ0n) is 23.4. The van der Waals surface area contributed by atoms with Gasteiger partial charge in [0, 0.05) is 34.7 Å². The molecule has 0 heterocycles. The number of hydrogen-bond acceptors (Lipinski definition) is 9. The number of hydrogen-bond donors (Lipinski definition) is 5. The molecule has 0 spiro atoms. The van der Waals surface area contributed by atoms with E-state index in [-0.39, 0.29) is 53.6 Å². The number of nitrogens with two attached hydrogens (primary N) is 1. The van der Waals surface area contributed by atoms with Crippen molar-refractivity contribution >= 4 is 23.2 Å². The first-order valence-electron chi connectivity index (χ1n) is 12.8. The van der Waals surface area contributed by atoms with Crippen molar-refractivity contribution in [2.24, 2.45) is 11.7 Å². The molecule has 0 bridgehead atoms. The van der Waals surface area contributed by atoms with E-state index >= 15 is 4.39 Å². The summed E-state index contributed by atoms with van der Waals surface area (Å²) in [5.74, 6) is -7.54. The van der Waals surface area contributed by atoms with E-state index in [1.54, 1.807) is 6.92 Å². The number of fused-ring (bicyclic) bond motifs is 1. The van der Waals surface area contributed by atoms with Gasteiger partial charge < -0.3 is 26.2 Å². The van der Waals surface area contributed by atoms with Gasteiger partial charge in [-0.2, -0.15) is 0 Å². The highest BCUT2D eigenvalue weighted by Crippen LogP contribution is 2.45. The number of carbonyl (C=O) groups excluding carboxylic acids is 3. The van der Waals surface area contributed by atoms with Crippen molar-refractivity contribution in [2.45, 2.75) is 70.7 Å². The summed E-state index contributed by atoms with van der Waals surface area (Å²) in [4.78, 5) is 42.4. The minimum absolute atomic E-state index is 0.0166. The van der Waals surface area contributed by atoms with Gasteiger partial charge in [-0.15, -0.1) is 0 Å². The predicted molar refractivity (Wildman–Crippen MR) is 142 cm³/mol. The monoisotopic (exact) mass is 547 g/mol. The third kappa shape index (κ3) is 4.83. The van der Waals surface area contributed by atoms with Gasteiger partial charge in [0.1, 0.15) is 28.7 Å². The Morgan fingerprint density at radius 2 is 1.74 bits per heavy atom. The van der Waals surface area contributed by atoms with Crippen LogP contribution < -0.4 is 5.73 Å². The van der Waals surface area contributed by atoms with Gasteiger partial charge in [0.05, 0.1) is 11.6 Å². The Hall–Kier alpha value is -3.28.